The van der Waals surface area contributed by atoms with Crippen LogP contribution in [0.5, 0.6) is 11.5 Å². The highest BCUT2D eigenvalue weighted by molar-refractivity contribution is 5.44. The predicted octanol–water partition coefficient (Wildman–Crippen LogP) is 2.72. The zero-order chi connectivity index (χ0) is 14.9. The largest absolute Gasteiger partial charge is 0.494 e. The molecule has 0 aliphatic carbocycles. The third kappa shape index (κ3) is 3.01. The molecule has 0 aromatic heterocycles. The van der Waals surface area contributed by atoms with Gasteiger partial charge in [-0.1, -0.05) is 6.92 Å². The van der Waals surface area contributed by atoms with Gasteiger partial charge in [0.1, 0.15) is 17.1 Å². The average molecular weight is 290 g/mol. The van der Waals surface area contributed by atoms with E-state index in [0.717, 1.165) is 62.4 Å². The van der Waals surface area contributed by atoms with Crippen LogP contribution >= 0.6 is 0 Å². The number of benzene rings is 1. The summed E-state index contributed by atoms with van der Waals surface area (Å²) in [7, 11) is 2.17. The fourth-order valence-electron chi connectivity index (χ4n) is 3.34. The Morgan fingerprint density at radius 1 is 1.38 bits per heavy atom. The van der Waals surface area contributed by atoms with Crippen LogP contribution < -0.4 is 15.2 Å². The maximum Gasteiger partial charge on any atom is 0.125 e. The van der Waals surface area contributed by atoms with Gasteiger partial charge in [-0.2, -0.15) is 0 Å². The lowest BCUT2D eigenvalue weighted by Crippen LogP contribution is -2.50. The second kappa shape index (κ2) is 5.85. The molecule has 1 unspecified atom stereocenters. The fourth-order valence-corrected chi connectivity index (χ4v) is 3.34. The molecule has 21 heavy (non-hydrogen) atoms. The summed E-state index contributed by atoms with van der Waals surface area (Å²) in [5.74, 6) is 1.84. The minimum Gasteiger partial charge on any atom is -0.494 e. The Balaban J connectivity index is 1.79. The molecule has 1 saturated heterocycles. The molecule has 1 aromatic rings. The summed E-state index contributed by atoms with van der Waals surface area (Å²) in [5, 5.41) is 0. The highest BCUT2D eigenvalue weighted by atomic mass is 16.5. The summed E-state index contributed by atoms with van der Waals surface area (Å²) >= 11 is 0. The lowest BCUT2D eigenvalue weighted by molar-refractivity contribution is -0.0164. The van der Waals surface area contributed by atoms with Crippen molar-refractivity contribution in [3.8, 4) is 11.5 Å². The molecule has 4 heteroatoms. The third-order valence-electron chi connectivity index (χ3n) is 4.67. The molecule has 2 N–H and O–H groups in total. The number of rotatable bonds is 3. The molecule has 4 nitrogen and oxygen atoms in total. The Bertz CT molecular complexity index is 496. The third-order valence-corrected chi connectivity index (χ3v) is 4.67. The van der Waals surface area contributed by atoms with E-state index < -0.39 is 0 Å². The monoisotopic (exact) mass is 290 g/mol. The molecular formula is C17H26N2O2. The minimum atomic E-state index is -0.0648. The quantitative estimate of drug-likeness (QED) is 0.930. The number of hydrogen-bond acceptors (Lipinski definition) is 4. The Hall–Kier alpha value is -1.26. The van der Waals surface area contributed by atoms with Gasteiger partial charge in [-0.05, 0) is 44.5 Å². The number of nitrogens with two attached hydrogens (primary N) is 1. The lowest BCUT2D eigenvalue weighted by atomic mass is 9.81. The summed E-state index contributed by atoms with van der Waals surface area (Å²) in [6.45, 7) is 5.02. The average Bonchev–Trinajstić information content (AvgIpc) is 2.49. The Morgan fingerprint density at radius 3 is 2.86 bits per heavy atom. The van der Waals surface area contributed by atoms with Crippen molar-refractivity contribution in [3.05, 3.63) is 23.8 Å². The van der Waals surface area contributed by atoms with Crippen molar-refractivity contribution >= 4 is 0 Å². The molecule has 0 saturated carbocycles. The Kier molecular flexibility index (Phi) is 4.09. The lowest BCUT2D eigenvalue weighted by Gasteiger charge is -2.45. The topological polar surface area (TPSA) is 47.7 Å². The van der Waals surface area contributed by atoms with Crippen molar-refractivity contribution in [2.75, 3.05) is 26.7 Å². The molecule has 2 aliphatic heterocycles. The smallest absolute Gasteiger partial charge is 0.125 e. The molecule has 1 atom stereocenters. The second-order valence-electron chi connectivity index (χ2n) is 6.45. The number of piperidine rings is 1. The molecule has 116 valence electrons. The molecule has 0 radical (unpaired) electrons. The van der Waals surface area contributed by atoms with E-state index in [2.05, 4.69) is 24.9 Å². The van der Waals surface area contributed by atoms with Gasteiger partial charge in [0.05, 0.1) is 6.61 Å². The van der Waals surface area contributed by atoms with Crippen LogP contribution in [0.25, 0.3) is 0 Å². The van der Waals surface area contributed by atoms with E-state index in [0.29, 0.717) is 0 Å². The molecule has 1 spiro atoms. The van der Waals surface area contributed by atoms with Gasteiger partial charge in [-0.25, -0.2) is 0 Å². The predicted molar refractivity (Wildman–Crippen MR) is 83.9 cm³/mol. The Labute approximate surface area is 127 Å². The summed E-state index contributed by atoms with van der Waals surface area (Å²) in [5.41, 5.74) is 7.46. The molecule has 1 aromatic carbocycles. The van der Waals surface area contributed by atoms with Crippen LogP contribution in [0.15, 0.2) is 18.2 Å². The van der Waals surface area contributed by atoms with Crippen LogP contribution in [0.2, 0.25) is 0 Å². The van der Waals surface area contributed by atoms with Gasteiger partial charge >= 0.3 is 0 Å². The molecule has 2 heterocycles. The van der Waals surface area contributed by atoms with Gasteiger partial charge < -0.3 is 20.1 Å². The number of fused-ring (bicyclic) bond motifs is 1. The SMILES string of the molecule is CCCOc1ccc2c(c1)C(N)CC1(CCN(C)CC1)O2. The first-order valence-corrected chi connectivity index (χ1v) is 8.02. The highest BCUT2D eigenvalue weighted by Crippen LogP contribution is 2.44. The van der Waals surface area contributed by atoms with Crippen molar-refractivity contribution in [2.45, 2.75) is 44.2 Å². The van der Waals surface area contributed by atoms with Gasteiger partial charge in [-0.3, -0.25) is 0 Å². The second-order valence-corrected chi connectivity index (χ2v) is 6.45. The van der Waals surface area contributed by atoms with Crippen molar-refractivity contribution in [1.82, 2.24) is 4.90 Å². The van der Waals surface area contributed by atoms with E-state index in [1.165, 1.54) is 0 Å². The molecule has 0 bridgehead atoms. The van der Waals surface area contributed by atoms with E-state index in [1.807, 2.05) is 12.1 Å². The summed E-state index contributed by atoms with van der Waals surface area (Å²) in [6, 6.07) is 6.12. The van der Waals surface area contributed by atoms with Crippen molar-refractivity contribution in [2.24, 2.45) is 5.73 Å². The van der Waals surface area contributed by atoms with Crippen LogP contribution in [0, 0.1) is 0 Å². The van der Waals surface area contributed by atoms with E-state index in [4.69, 9.17) is 15.2 Å². The molecule has 0 amide bonds. The maximum atomic E-state index is 6.43. The van der Waals surface area contributed by atoms with Crippen molar-refractivity contribution in [3.63, 3.8) is 0 Å². The number of nitrogens with zero attached hydrogens (tertiary/aromatic N) is 1. The van der Waals surface area contributed by atoms with Gasteiger partial charge in [0, 0.05) is 31.1 Å². The van der Waals surface area contributed by atoms with Crippen molar-refractivity contribution < 1.29 is 9.47 Å². The van der Waals surface area contributed by atoms with Crippen LogP contribution in [0.4, 0.5) is 0 Å². The first kappa shape index (κ1) is 14.7. The zero-order valence-corrected chi connectivity index (χ0v) is 13.1. The number of hydrogen-bond donors (Lipinski definition) is 1. The van der Waals surface area contributed by atoms with Gasteiger partial charge in [0.15, 0.2) is 0 Å². The minimum absolute atomic E-state index is 0.0438. The van der Waals surface area contributed by atoms with Gasteiger partial charge in [0.2, 0.25) is 0 Å². The summed E-state index contributed by atoms with van der Waals surface area (Å²) in [4.78, 5) is 2.36. The first-order valence-electron chi connectivity index (χ1n) is 8.02. The zero-order valence-electron chi connectivity index (χ0n) is 13.1. The van der Waals surface area contributed by atoms with E-state index in [9.17, 15) is 0 Å². The maximum absolute atomic E-state index is 6.43. The van der Waals surface area contributed by atoms with Gasteiger partial charge in [0.25, 0.3) is 0 Å². The number of likely N-dealkylation sites (tertiary alicyclic amines) is 1. The Morgan fingerprint density at radius 2 is 2.14 bits per heavy atom. The number of ether oxygens (including phenoxy) is 2. The first-order chi connectivity index (χ1) is 10.1. The molecule has 3 rings (SSSR count). The highest BCUT2D eigenvalue weighted by Gasteiger charge is 2.41. The van der Waals surface area contributed by atoms with Gasteiger partial charge in [-0.15, -0.1) is 0 Å². The van der Waals surface area contributed by atoms with Crippen LogP contribution in [-0.2, 0) is 0 Å². The van der Waals surface area contributed by atoms with Crippen LogP contribution in [-0.4, -0.2) is 37.2 Å². The van der Waals surface area contributed by atoms with Crippen LogP contribution in [0.1, 0.15) is 44.2 Å². The van der Waals surface area contributed by atoms with E-state index >= 15 is 0 Å². The standard InChI is InChI=1S/C17H26N2O2/c1-3-10-20-13-4-5-16-14(11-13)15(18)12-17(21-16)6-8-19(2)9-7-17/h4-5,11,15H,3,6-10,12,18H2,1-2H3. The van der Waals surface area contributed by atoms with Crippen LogP contribution in [0.3, 0.4) is 0 Å². The molecule has 2 aliphatic rings. The normalized spacial score (nSPS) is 24.4. The van der Waals surface area contributed by atoms with Crippen molar-refractivity contribution in [1.29, 1.82) is 0 Å². The molecule has 1 fully saturated rings. The molecular weight excluding hydrogens is 264 g/mol. The fraction of sp³-hybridized carbons (Fsp3) is 0.647. The van der Waals surface area contributed by atoms with E-state index in [1.54, 1.807) is 0 Å². The summed E-state index contributed by atoms with van der Waals surface area (Å²) in [6.07, 6.45) is 4.04. The summed E-state index contributed by atoms with van der Waals surface area (Å²) < 4.78 is 12.1. The van der Waals surface area contributed by atoms with E-state index in [-0.39, 0.29) is 11.6 Å².